The van der Waals surface area contributed by atoms with Gasteiger partial charge in [0.05, 0.1) is 18.8 Å². The third-order valence-corrected chi connectivity index (χ3v) is 5.68. The first-order valence-corrected chi connectivity index (χ1v) is 12.4. The molecule has 0 spiro atoms. The largest absolute Gasteiger partial charge is 0.494 e. The number of carbonyl (C=O) groups is 1. The maximum absolute atomic E-state index is 11.7. The third kappa shape index (κ3) is 8.26. The van der Waals surface area contributed by atoms with Gasteiger partial charge in [0.2, 0.25) is 0 Å². The molecule has 0 aliphatic heterocycles. The number of hydrogen-bond donors (Lipinski definition) is 0. The molecule has 0 saturated heterocycles. The highest BCUT2D eigenvalue weighted by atomic mass is 16.5. The van der Waals surface area contributed by atoms with Crippen molar-refractivity contribution >= 4 is 5.97 Å². The van der Waals surface area contributed by atoms with Gasteiger partial charge in [-0.25, -0.2) is 4.79 Å². The van der Waals surface area contributed by atoms with Gasteiger partial charge in [-0.05, 0) is 66.4 Å². The second-order valence-electron chi connectivity index (χ2n) is 8.37. The zero-order chi connectivity index (χ0) is 24.0. The Balaban J connectivity index is 1.43. The van der Waals surface area contributed by atoms with Gasteiger partial charge in [-0.15, -0.1) is 0 Å². The summed E-state index contributed by atoms with van der Waals surface area (Å²) in [6, 6.07) is 23.6. The summed E-state index contributed by atoms with van der Waals surface area (Å²) in [6.07, 6.45) is 7.61. The summed E-state index contributed by atoms with van der Waals surface area (Å²) < 4.78 is 16.8. The van der Waals surface area contributed by atoms with Crippen LogP contribution in [0.2, 0.25) is 0 Å². The Morgan fingerprint density at radius 2 is 1.21 bits per heavy atom. The molecule has 0 atom stereocenters. The molecule has 0 aromatic heterocycles. The summed E-state index contributed by atoms with van der Waals surface area (Å²) in [5.41, 5.74) is 3.82. The zero-order valence-electron chi connectivity index (χ0n) is 20.4. The Hall–Kier alpha value is -3.27. The van der Waals surface area contributed by atoms with Crippen LogP contribution in [0.15, 0.2) is 72.8 Å². The van der Waals surface area contributed by atoms with Crippen molar-refractivity contribution < 1.29 is 19.0 Å². The van der Waals surface area contributed by atoms with Crippen LogP contribution in [0, 0.1) is 0 Å². The monoisotopic (exact) mass is 460 g/mol. The molecule has 0 bridgehead atoms. The molecule has 0 unspecified atom stereocenters. The van der Waals surface area contributed by atoms with Gasteiger partial charge in [0.1, 0.15) is 18.1 Å². The number of benzene rings is 3. The molecule has 3 aromatic carbocycles. The Kier molecular flexibility index (Phi) is 10.5. The van der Waals surface area contributed by atoms with Gasteiger partial charge in [0.25, 0.3) is 0 Å². The number of carbonyl (C=O) groups excluding carboxylic acids is 1. The Bertz CT molecular complexity index is 976. The van der Waals surface area contributed by atoms with Crippen molar-refractivity contribution in [3.8, 4) is 22.6 Å². The SMILES string of the molecule is CCCCCCCCOc1ccc(-c2ccc(OCc3ccc(C(=O)OCC)cc3)cc2)cc1. The van der Waals surface area contributed by atoms with Crippen molar-refractivity contribution in [1.82, 2.24) is 0 Å². The second-order valence-corrected chi connectivity index (χ2v) is 8.37. The Labute approximate surface area is 203 Å². The van der Waals surface area contributed by atoms with Crippen LogP contribution < -0.4 is 9.47 Å². The Morgan fingerprint density at radius 3 is 1.79 bits per heavy atom. The first-order chi connectivity index (χ1) is 16.7. The lowest BCUT2D eigenvalue weighted by Crippen LogP contribution is -2.04. The number of rotatable bonds is 14. The second kappa shape index (κ2) is 14.1. The van der Waals surface area contributed by atoms with Gasteiger partial charge >= 0.3 is 5.97 Å². The van der Waals surface area contributed by atoms with E-state index in [0.29, 0.717) is 18.8 Å². The molecule has 4 heteroatoms. The van der Waals surface area contributed by atoms with E-state index in [4.69, 9.17) is 14.2 Å². The van der Waals surface area contributed by atoms with Crippen molar-refractivity contribution in [3.05, 3.63) is 83.9 Å². The molecule has 180 valence electrons. The molecule has 3 aromatic rings. The highest BCUT2D eigenvalue weighted by Gasteiger charge is 2.06. The van der Waals surface area contributed by atoms with Gasteiger partial charge in [-0.3, -0.25) is 0 Å². The summed E-state index contributed by atoms with van der Waals surface area (Å²) in [5.74, 6) is 1.42. The summed E-state index contributed by atoms with van der Waals surface area (Å²) in [6.45, 7) is 5.63. The van der Waals surface area contributed by atoms with Gasteiger partial charge in [0, 0.05) is 0 Å². The molecule has 34 heavy (non-hydrogen) atoms. The number of esters is 1. The minimum atomic E-state index is -0.303. The zero-order valence-corrected chi connectivity index (χ0v) is 20.4. The fourth-order valence-corrected chi connectivity index (χ4v) is 3.68. The molecule has 4 nitrogen and oxygen atoms in total. The van der Waals surface area contributed by atoms with Gasteiger partial charge < -0.3 is 14.2 Å². The summed E-state index contributed by atoms with van der Waals surface area (Å²) >= 11 is 0. The van der Waals surface area contributed by atoms with Crippen LogP contribution in [0.5, 0.6) is 11.5 Å². The van der Waals surface area contributed by atoms with E-state index in [1.54, 1.807) is 19.1 Å². The van der Waals surface area contributed by atoms with E-state index in [1.807, 2.05) is 36.4 Å². The lowest BCUT2D eigenvalue weighted by molar-refractivity contribution is 0.0526. The van der Waals surface area contributed by atoms with E-state index < -0.39 is 0 Å². The fraction of sp³-hybridized carbons (Fsp3) is 0.367. The molecule has 3 rings (SSSR count). The fourth-order valence-electron chi connectivity index (χ4n) is 3.68. The summed E-state index contributed by atoms with van der Waals surface area (Å²) in [5, 5.41) is 0. The highest BCUT2D eigenvalue weighted by molar-refractivity contribution is 5.89. The van der Waals surface area contributed by atoms with Crippen LogP contribution in [-0.4, -0.2) is 19.2 Å². The maximum Gasteiger partial charge on any atom is 0.338 e. The molecule has 0 heterocycles. The van der Waals surface area contributed by atoms with Crippen molar-refractivity contribution in [2.24, 2.45) is 0 Å². The van der Waals surface area contributed by atoms with Crippen LogP contribution in [0.25, 0.3) is 11.1 Å². The summed E-state index contributed by atoms with van der Waals surface area (Å²) in [7, 11) is 0. The van der Waals surface area contributed by atoms with Crippen LogP contribution >= 0.6 is 0 Å². The van der Waals surface area contributed by atoms with E-state index in [-0.39, 0.29) is 5.97 Å². The molecule has 0 saturated carbocycles. The van der Waals surface area contributed by atoms with Crippen LogP contribution in [0.4, 0.5) is 0 Å². The van der Waals surface area contributed by atoms with E-state index >= 15 is 0 Å². The van der Waals surface area contributed by atoms with Crippen molar-refractivity contribution in [3.63, 3.8) is 0 Å². The standard InChI is InChI=1S/C30H36O4/c1-3-5-6-7-8-9-22-33-28-18-14-25(15-19-28)26-16-20-29(21-17-26)34-23-24-10-12-27(13-11-24)30(31)32-4-2/h10-21H,3-9,22-23H2,1-2H3. The van der Waals surface area contributed by atoms with Crippen molar-refractivity contribution in [1.29, 1.82) is 0 Å². The van der Waals surface area contributed by atoms with E-state index in [9.17, 15) is 4.79 Å². The number of unbranched alkanes of at least 4 members (excludes halogenated alkanes) is 5. The van der Waals surface area contributed by atoms with Gasteiger partial charge in [-0.2, -0.15) is 0 Å². The summed E-state index contributed by atoms with van der Waals surface area (Å²) in [4.78, 5) is 11.7. The maximum atomic E-state index is 11.7. The molecule has 0 radical (unpaired) electrons. The molecular formula is C30H36O4. The predicted molar refractivity (Wildman–Crippen MR) is 137 cm³/mol. The van der Waals surface area contributed by atoms with E-state index in [1.165, 1.54) is 32.1 Å². The minimum absolute atomic E-state index is 0.303. The molecule has 0 fully saturated rings. The predicted octanol–water partition coefficient (Wildman–Crippen LogP) is 7.85. The Morgan fingerprint density at radius 1 is 0.647 bits per heavy atom. The lowest BCUT2D eigenvalue weighted by atomic mass is 10.1. The van der Waals surface area contributed by atoms with Crippen LogP contribution in [0.1, 0.15) is 68.3 Å². The average Bonchev–Trinajstić information content (AvgIpc) is 2.88. The molecule has 0 aliphatic carbocycles. The first-order valence-electron chi connectivity index (χ1n) is 12.4. The van der Waals surface area contributed by atoms with Gasteiger partial charge in [-0.1, -0.05) is 75.4 Å². The quantitative estimate of drug-likeness (QED) is 0.181. The first kappa shape index (κ1) is 25.4. The molecular weight excluding hydrogens is 424 g/mol. The van der Waals surface area contributed by atoms with Gasteiger partial charge in [0.15, 0.2) is 0 Å². The normalized spacial score (nSPS) is 10.6. The highest BCUT2D eigenvalue weighted by Crippen LogP contribution is 2.25. The molecule has 0 amide bonds. The van der Waals surface area contributed by atoms with Crippen molar-refractivity contribution in [2.45, 2.75) is 59.0 Å². The number of hydrogen-bond acceptors (Lipinski definition) is 4. The molecule has 0 aliphatic rings. The van der Waals surface area contributed by atoms with Crippen LogP contribution in [-0.2, 0) is 11.3 Å². The van der Waals surface area contributed by atoms with Crippen molar-refractivity contribution in [2.75, 3.05) is 13.2 Å². The third-order valence-electron chi connectivity index (χ3n) is 5.68. The molecule has 0 N–H and O–H groups in total. The van der Waals surface area contributed by atoms with E-state index in [2.05, 4.69) is 31.2 Å². The number of ether oxygens (including phenoxy) is 3. The average molecular weight is 461 g/mol. The van der Waals surface area contributed by atoms with E-state index in [0.717, 1.165) is 41.2 Å². The topological polar surface area (TPSA) is 44.8 Å². The van der Waals surface area contributed by atoms with Crippen LogP contribution in [0.3, 0.4) is 0 Å². The minimum Gasteiger partial charge on any atom is -0.494 e. The lowest BCUT2D eigenvalue weighted by Gasteiger charge is -2.09. The smallest absolute Gasteiger partial charge is 0.338 e.